The van der Waals surface area contributed by atoms with Crippen molar-refractivity contribution >= 4 is 33.7 Å². The first-order valence-corrected chi connectivity index (χ1v) is 8.30. The van der Waals surface area contributed by atoms with Gasteiger partial charge in [0.25, 0.3) is 11.5 Å². The van der Waals surface area contributed by atoms with Crippen molar-refractivity contribution in [2.75, 3.05) is 0 Å². The Morgan fingerprint density at radius 1 is 1.40 bits per heavy atom. The number of fused-ring (bicyclic) bond motifs is 1. The molecule has 0 fully saturated rings. The molecule has 0 aliphatic heterocycles. The molecule has 6 nitrogen and oxygen atoms in total. The number of thiophene rings is 1. The van der Waals surface area contributed by atoms with Crippen molar-refractivity contribution in [3.8, 4) is 0 Å². The molecule has 3 rings (SSSR count). The zero-order chi connectivity index (χ0) is 18.0. The molecule has 0 spiro atoms. The number of hydrogen-bond acceptors (Lipinski definition) is 5. The highest BCUT2D eigenvalue weighted by Gasteiger charge is 2.13. The Morgan fingerprint density at radius 3 is 2.92 bits per heavy atom. The molecule has 0 radical (unpaired) electrons. The maximum Gasteiger partial charge on any atom is 0.262 e. The summed E-state index contributed by atoms with van der Waals surface area (Å²) in [7, 11) is 0. The summed E-state index contributed by atoms with van der Waals surface area (Å²) in [6.45, 7) is 3.57. The van der Waals surface area contributed by atoms with Gasteiger partial charge in [-0.25, -0.2) is 14.8 Å². The van der Waals surface area contributed by atoms with Crippen LogP contribution >= 0.6 is 11.3 Å². The summed E-state index contributed by atoms with van der Waals surface area (Å²) in [5.74, 6) is -0.935. The zero-order valence-corrected chi connectivity index (χ0v) is 14.4. The van der Waals surface area contributed by atoms with Crippen molar-refractivity contribution in [3.63, 3.8) is 0 Å². The third-order valence-corrected chi connectivity index (χ3v) is 4.88. The second-order valence-corrected chi connectivity index (χ2v) is 6.66. The molecule has 0 saturated heterocycles. The van der Waals surface area contributed by atoms with Gasteiger partial charge in [-0.15, -0.1) is 11.3 Å². The summed E-state index contributed by atoms with van der Waals surface area (Å²) in [6, 6.07) is 6.07. The van der Waals surface area contributed by atoms with Crippen molar-refractivity contribution in [2.24, 2.45) is 5.10 Å². The number of hydrogen-bond donors (Lipinski definition) is 1. The molecule has 1 amide bonds. The minimum absolute atomic E-state index is 0.218. The van der Waals surface area contributed by atoms with Gasteiger partial charge in [-0.3, -0.25) is 14.2 Å². The number of benzene rings is 1. The third kappa shape index (κ3) is 3.48. The molecule has 128 valence electrons. The van der Waals surface area contributed by atoms with E-state index < -0.39 is 11.7 Å². The lowest BCUT2D eigenvalue weighted by Gasteiger charge is -2.04. The first kappa shape index (κ1) is 17.0. The average molecular weight is 358 g/mol. The molecule has 2 aromatic heterocycles. The smallest absolute Gasteiger partial charge is 0.262 e. The Labute approximate surface area is 146 Å². The summed E-state index contributed by atoms with van der Waals surface area (Å²) >= 11 is 1.45. The fourth-order valence-corrected chi connectivity index (χ4v) is 3.31. The first-order chi connectivity index (χ1) is 12.0. The van der Waals surface area contributed by atoms with E-state index in [-0.39, 0.29) is 17.7 Å². The van der Waals surface area contributed by atoms with Crippen LogP contribution < -0.4 is 11.0 Å². The number of rotatable bonds is 4. The van der Waals surface area contributed by atoms with Crippen molar-refractivity contribution < 1.29 is 9.18 Å². The lowest BCUT2D eigenvalue weighted by molar-refractivity contribution is -0.121. The second-order valence-electron chi connectivity index (χ2n) is 5.46. The number of aryl methyl sites for hydroxylation is 2. The van der Waals surface area contributed by atoms with Crippen LogP contribution in [0.15, 0.2) is 40.5 Å². The van der Waals surface area contributed by atoms with Crippen LogP contribution in [0.3, 0.4) is 0 Å². The van der Waals surface area contributed by atoms with Gasteiger partial charge in [0.1, 0.15) is 17.2 Å². The Hall–Kier alpha value is -2.87. The third-order valence-electron chi connectivity index (χ3n) is 3.77. The molecule has 0 aliphatic carbocycles. The zero-order valence-electron chi connectivity index (χ0n) is 13.6. The van der Waals surface area contributed by atoms with Crippen molar-refractivity contribution in [2.45, 2.75) is 20.4 Å². The van der Waals surface area contributed by atoms with Crippen molar-refractivity contribution in [3.05, 3.63) is 62.8 Å². The Bertz CT molecular complexity index is 1040. The van der Waals surface area contributed by atoms with Crippen LogP contribution in [0, 0.1) is 19.7 Å². The van der Waals surface area contributed by atoms with Gasteiger partial charge in [-0.05, 0) is 25.5 Å². The van der Waals surface area contributed by atoms with Crippen LogP contribution in [0.4, 0.5) is 4.39 Å². The quantitative estimate of drug-likeness (QED) is 0.575. The minimum Gasteiger partial charge on any atom is -0.289 e. The largest absolute Gasteiger partial charge is 0.289 e. The minimum atomic E-state index is -0.500. The molecule has 0 bridgehead atoms. The van der Waals surface area contributed by atoms with Gasteiger partial charge in [0.05, 0.1) is 17.9 Å². The van der Waals surface area contributed by atoms with Gasteiger partial charge in [-0.1, -0.05) is 18.2 Å². The molecule has 25 heavy (non-hydrogen) atoms. The van der Waals surface area contributed by atoms with Gasteiger partial charge in [0, 0.05) is 10.4 Å². The summed E-state index contributed by atoms with van der Waals surface area (Å²) < 4.78 is 14.7. The molecular formula is C17H15FN4O2S. The highest BCUT2D eigenvalue weighted by Crippen LogP contribution is 2.25. The molecule has 0 unspecified atom stereocenters. The van der Waals surface area contributed by atoms with E-state index >= 15 is 0 Å². The number of nitrogens with zero attached hydrogens (tertiary/aromatic N) is 3. The lowest BCUT2D eigenvalue weighted by atomic mass is 10.2. The molecule has 1 aromatic carbocycles. The number of carbonyl (C=O) groups is 1. The van der Waals surface area contributed by atoms with E-state index in [1.807, 2.05) is 13.8 Å². The Morgan fingerprint density at radius 2 is 2.16 bits per heavy atom. The summed E-state index contributed by atoms with van der Waals surface area (Å²) in [5, 5.41) is 4.25. The van der Waals surface area contributed by atoms with Crippen LogP contribution in [0.1, 0.15) is 16.0 Å². The molecule has 8 heteroatoms. The lowest BCUT2D eigenvalue weighted by Crippen LogP contribution is -2.30. The van der Waals surface area contributed by atoms with Gasteiger partial charge in [-0.2, -0.15) is 5.10 Å². The highest BCUT2D eigenvalue weighted by atomic mass is 32.1. The van der Waals surface area contributed by atoms with E-state index in [1.165, 1.54) is 40.6 Å². The maximum atomic E-state index is 13.4. The SMILES string of the molecule is Cc1sc2ncn(CC(=O)N/N=C/c3ccccc3F)c(=O)c2c1C. The predicted molar refractivity (Wildman–Crippen MR) is 95.5 cm³/mol. The van der Waals surface area contributed by atoms with Crippen LogP contribution in [0.25, 0.3) is 10.2 Å². The highest BCUT2D eigenvalue weighted by molar-refractivity contribution is 7.18. The molecule has 0 atom stereocenters. The standard InChI is InChI=1S/C17H15FN4O2S/c1-10-11(2)25-16-15(10)17(24)22(9-19-16)8-14(23)21-20-7-12-5-3-4-6-13(12)18/h3-7,9H,8H2,1-2H3,(H,21,23)/b20-7+. The van der Waals surface area contributed by atoms with Gasteiger partial charge < -0.3 is 0 Å². The average Bonchev–Trinajstić information content (AvgIpc) is 2.87. The number of hydrazone groups is 1. The summed E-state index contributed by atoms with van der Waals surface area (Å²) in [5.41, 5.74) is 3.15. The van der Waals surface area contributed by atoms with E-state index in [2.05, 4.69) is 15.5 Å². The van der Waals surface area contributed by atoms with Crippen LogP contribution in [-0.4, -0.2) is 21.7 Å². The molecule has 0 aliphatic rings. The summed E-state index contributed by atoms with van der Waals surface area (Å²) in [6.07, 6.45) is 2.56. The van der Waals surface area contributed by atoms with Gasteiger partial charge in [0.15, 0.2) is 0 Å². The van der Waals surface area contributed by atoms with E-state index in [0.717, 1.165) is 10.4 Å². The number of aromatic nitrogens is 2. The second kappa shape index (κ2) is 6.94. The van der Waals surface area contributed by atoms with E-state index in [9.17, 15) is 14.0 Å². The Balaban J connectivity index is 1.74. The van der Waals surface area contributed by atoms with Crippen LogP contribution in [-0.2, 0) is 11.3 Å². The summed E-state index contributed by atoms with van der Waals surface area (Å²) in [4.78, 5) is 30.4. The van der Waals surface area contributed by atoms with E-state index in [4.69, 9.17) is 0 Å². The number of nitrogens with one attached hydrogen (secondary N) is 1. The molecular weight excluding hydrogens is 343 g/mol. The monoisotopic (exact) mass is 358 g/mol. The fraction of sp³-hybridized carbons (Fsp3) is 0.176. The maximum absolute atomic E-state index is 13.4. The molecule has 2 heterocycles. The predicted octanol–water partition coefficient (Wildman–Crippen LogP) is 2.36. The van der Waals surface area contributed by atoms with E-state index in [1.54, 1.807) is 12.1 Å². The van der Waals surface area contributed by atoms with Crippen molar-refractivity contribution in [1.29, 1.82) is 0 Å². The number of halogens is 1. The fourth-order valence-electron chi connectivity index (χ4n) is 2.33. The first-order valence-electron chi connectivity index (χ1n) is 7.49. The number of carbonyl (C=O) groups excluding carboxylic acids is 1. The van der Waals surface area contributed by atoms with Gasteiger partial charge >= 0.3 is 0 Å². The van der Waals surface area contributed by atoms with E-state index in [0.29, 0.717) is 10.2 Å². The number of amides is 1. The van der Waals surface area contributed by atoms with Crippen LogP contribution in [0.2, 0.25) is 0 Å². The topological polar surface area (TPSA) is 76.3 Å². The van der Waals surface area contributed by atoms with Gasteiger partial charge in [0.2, 0.25) is 0 Å². The van der Waals surface area contributed by atoms with Crippen LogP contribution in [0.5, 0.6) is 0 Å². The molecule has 0 saturated carbocycles. The molecule has 3 aromatic rings. The van der Waals surface area contributed by atoms with Crippen molar-refractivity contribution in [1.82, 2.24) is 15.0 Å². The molecule has 1 N–H and O–H groups in total. The Kier molecular flexibility index (Phi) is 4.71. The normalized spacial score (nSPS) is 11.3.